The molecule has 3 nitrogen and oxygen atoms in total. The molecule has 0 unspecified atom stereocenters. The van der Waals surface area contributed by atoms with Crippen LogP contribution in [-0.2, 0) is 6.18 Å². The molecule has 6 heteroatoms. The highest BCUT2D eigenvalue weighted by Gasteiger charge is 2.30. The van der Waals surface area contributed by atoms with Gasteiger partial charge in [0.25, 0.3) is 0 Å². The first-order chi connectivity index (χ1) is 19.7. The third-order valence-electron chi connectivity index (χ3n) is 8.07. The minimum atomic E-state index is -4.40. The summed E-state index contributed by atoms with van der Waals surface area (Å²) in [6.07, 6.45) is 6.22. The maximum absolute atomic E-state index is 13.0. The van der Waals surface area contributed by atoms with E-state index in [0.29, 0.717) is 11.5 Å². The van der Waals surface area contributed by atoms with E-state index in [4.69, 9.17) is 6.42 Å². The fourth-order valence-corrected chi connectivity index (χ4v) is 5.75. The Hall–Kier alpha value is -4.08. The largest absolute Gasteiger partial charge is 0.478 e. The summed E-state index contributed by atoms with van der Waals surface area (Å²) >= 11 is 0. The first-order valence-electron chi connectivity index (χ1n) is 14.0. The molecule has 0 saturated carbocycles. The summed E-state index contributed by atoms with van der Waals surface area (Å²) in [7, 11) is 0. The maximum Gasteiger partial charge on any atom is 0.416 e. The Morgan fingerprint density at radius 3 is 2.17 bits per heavy atom. The lowest BCUT2D eigenvalue weighted by Gasteiger charge is -2.32. The molecule has 0 spiro atoms. The van der Waals surface area contributed by atoms with Crippen molar-refractivity contribution >= 4 is 16.7 Å². The number of carboxylic acid groups (broad SMARTS) is 1. The van der Waals surface area contributed by atoms with Crippen molar-refractivity contribution in [3.8, 4) is 34.6 Å². The van der Waals surface area contributed by atoms with E-state index in [-0.39, 0.29) is 5.56 Å². The Kier molecular flexibility index (Phi) is 8.46. The molecule has 0 aromatic heterocycles. The van der Waals surface area contributed by atoms with Gasteiger partial charge in [-0.1, -0.05) is 48.5 Å². The topological polar surface area (TPSA) is 40.5 Å². The normalized spacial score (nSPS) is 14.7. The second-order valence-corrected chi connectivity index (χ2v) is 10.7. The Morgan fingerprint density at radius 2 is 1.54 bits per heavy atom. The average molecular weight is 556 g/mol. The third kappa shape index (κ3) is 6.64. The maximum atomic E-state index is 13.0. The van der Waals surface area contributed by atoms with E-state index in [1.54, 1.807) is 12.1 Å². The van der Waals surface area contributed by atoms with Crippen molar-refractivity contribution in [1.82, 2.24) is 4.90 Å². The number of aromatic carboxylic acids is 1. The first-order valence-corrected chi connectivity index (χ1v) is 14.0. The standard InChI is InChI=1S/C35H32F3NO2/c1-2-3-4-5-18-39-19-16-26(17-20-39)24-6-8-27(9-7-24)33-23-30(34(40)41)22-29-21-28(12-15-32(29)33)25-10-13-31(14-11-25)35(36,37)38/h1,6-15,21-23,26H,3-5,16-20H2,(H,40,41). The van der Waals surface area contributed by atoms with Crippen LogP contribution in [0.4, 0.5) is 13.2 Å². The Labute approximate surface area is 238 Å². The van der Waals surface area contributed by atoms with Crippen LogP contribution in [-0.4, -0.2) is 35.6 Å². The van der Waals surface area contributed by atoms with Gasteiger partial charge in [-0.25, -0.2) is 4.79 Å². The van der Waals surface area contributed by atoms with E-state index in [1.165, 1.54) is 17.7 Å². The molecule has 1 heterocycles. The number of nitrogens with zero attached hydrogens (tertiary/aromatic N) is 1. The van der Waals surface area contributed by atoms with Crippen LogP contribution >= 0.6 is 0 Å². The molecule has 1 saturated heterocycles. The van der Waals surface area contributed by atoms with Crippen molar-refractivity contribution in [2.45, 2.75) is 44.2 Å². The van der Waals surface area contributed by atoms with E-state index in [9.17, 15) is 23.1 Å². The van der Waals surface area contributed by atoms with Crippen molar-refractivity contribution in [1.29, 1.82) is 0 Å². The smallest absolute Gasteiger partial charge is 0.416 e. The number of hydrogen-bond donors (Lipinski definition) is 1. The van der Waals surface area contributed by atoms with Crippen LogP contribution < -0.4 is 0 Å². The van der Waals surface area contributed by atoms with Gasteiger partial charge in [0.1, 0.15) is 0 Å². The van der Waals surface area contributed by atoms with Gasteiger partial charge in [-0.05, 0) is 120 Å². The molecular weight excluding hydrogens is 523 g/mol. The summed E-state index contributed by atoms with van der Waals surface area (Å²) in [6, 6.07) is 22.3. The van der Waals surface area contributed by atoms with Gasteiger partial charge in [-0.15, -0.1) is 12.3 Å². The minimum absolute atomic E-state index is 0.163. The minimum Gasteiger partial charge on any atom is -0.478 e. The summed E-state index contributed by atoms with van der Waals surface area (Å²) in [5, 5.41) is 11.4. The number of carbonyl (C=O) groups is 1. The zero-order valence-corrected chi connectivity index (χ0v) is 22.8. The monoisotopic (exact) mass is 555 g/mol. The molecule has 0 bridgehead atoms. The fourth-order valence-electron chi connectivity index (χ4n) is 5.75. The van der Waals surface area contributed by atoms with Crippen LogP contribution in [0.2, 0.25) is 0 Å². The number of benzene rings is 4. The van der Waals surface area contributed by atoms with Crippen molar-refractivity contribution in [3.05, 3.63) is 95.6 Å². The van der Waals surface area contributed by atoms with Gasteiger partial charge in [-0.3, -0.25) is 0 Å². The number of fused-ring (bicyclic) bond motifs is 1. The number of piperidine rings is 1. The molecule has 0 atom stereocenters. The summed E-state index contributed by atoms with van der Waals surface area (Å²) in [4.78, 5) is 14.5. The summed E-state index contributed by atoms with van der Waals surface area (Å²) in [6.45, 7) is 3.25. The molecule has 5 rings (SSSR count). The fraction of sp³-hybridized carbons (Fsp3) is 0.286. The molecule has 1 aliphatic heterocycles. The number of halogens is 3. The van der Waals surface area contributed by atoms with Gasteiger partial charge >= 0.3 is 12.1 Å². The zero-order chi connectivity index (χ0) is 29.0. The number of likely N-dealkylation sites (tertiary alicyclic amines) is 1. The molecule has 4 aromatic rings. The summed E-state index contributed by atoms with van der Waals surface area (Å²) in [5.41, 5.74) is 3.84. The lowest BCUT2D eigenvalue weighted by Crippen LogP contribution is -2.33. The molecule has 1 N–H and O–H groups in total. The number of alkyl halides is 3. The van der Waals surface area contributed by atoms with Crippen LogP contribution in [0.15, 0.2) is 78.9 Å². The second kappa shape index (κ2) is 12.2. The third-order valence-corrected chi connectivity index (χ3v) is 8.07. The summed E-state index contributed by atoms with van der Waals surface area (Å²) < 4.78 is 39.0. The van der Waals surface area contributed by atoms with Gasteiger partial charge in [0.2, 0.25) is 0 Å². The summed E-state index contributed by atoms with van der Waals surface area (Å²) in [5.74, 6) is 2.17. The van der Waals surface area contributed by atoms with Crippen molar-refractivity contribution in [3.63, 3.8) is 0 Å². The van der Waals surface area contributed by atoms with Crippen molar-refractivity contribution in [2.24, 2.45) is 0 Å². The molecule has 0 radical (unpaired) electrons. The predicted octanol–water partition coefficient (Wildman–Crippen LogP) is 8.87. The highest BCUT2D eigenvalue weighted by molar-refractivity contribution is 6.04. The average Bonchev–Trinajstić information content (AvgIpc) is 2.98. The number of rotatable bonds is 8. The molecule has 1 fully saturated rings. The van der Waals surface area contributed by atoms with Gasteiger partial charge in [0.15, 0.2) is 0 Å². The second-order valence-electron chi connectivity index (χ2n) is 10.7. The zero-order valence-electron chi connectivity index (χ0n) is 22.8. The van der Waals surface area contributed by atoms with Gasteiger partial charge in [0, 0.05) is 6.42 Å². The molecule has 0 amide bonds. The van der Waals surface area contributed by atoms with E-state index < -0.39 is 17.7 Å². The number of terminal acetylenes is 1. The lowest BCUT2D eigenvalue weighted by atomic mass is 9.87. The van der Waals surface area contributed by atoms with Crippen LogP contribution in [0.5, 0.6) is 0 Å². The molecule has 1 aliphatic rings. The van der Waals surface area contributed by atoms with E-state index in [1.807, 2.05) is 18.2 Å². The molecule has 41 heavy (non-hydrogen) atoms. The first kappa shape index (κ1) is 28.4. The molecule has 4 aromatic carbocycles. The van der Waals surface area contributed by atoms with E-state index >= 15 is 0 Å². The van der Waals surface area contributed by atoms with Crippen LogP contribution in [0.3, 0.4) is 0 Å². The van der Waals surface area contributed by atoms with Crippen LogP contribution in [0.1, 0.15) is 59.5 Å². The van der Waals surface area contributed by atoms with Crippen molar-refractivity contribution < 1.29 is 23.1 Å². The highest BCUT2D eigenvalue weighted by Crippen LogP contribution is 2.36. The lowest BCUT2D eigenvalue weighted by molar-refractivity contribution is -0.137. The van der Waals surface area contributed by atoms with E-state index in [2.05, 4.69) is 35.1 Å². The molecular formula is C35H32F3NO2. The molecule has 0 aliphatic carbocycles. The Balaban J connectivity index is 1.37. The number of hydrogen-bond acceptors (Lipinski definition) is 2. The number of unbranched alkanes of at least 4 members (excludes halogenated alkanes) is 2. The van der Waals surface area contributed by atoms with Gasteiger partial charge < -0.3 is 10.0 Å². The number of carboxylic acids is 1. The highest BCUT2D eigenvalue weighted by atomic mass is 19.4. The van der Waals surface area contributed by atoms with E-state index in [0.717, 1.165) is 91.3 Å². The van der Waals surface area contributed by atoms with Gasteiger partial charge in [0.05, 0.1) is 11.1 Å². The Bertz CT molecular complexity index is 1560. The quantitative estimate of drug-likeness (QED) is 0.174. The predicted molar refractivity (Wildman–Crippen MR) is 158 cm³/mol. The van der Waals surface area contributed by atoms with Gasteiger partial charge in [-0.2, -0.15) is 13.2 Å². The SMILES string of the molecule is C#CCCCCN1CCC(c2ccc(-c3cc(C(=O)O)cc4cc(-c5ccc(C(F)(F)F)cc5)ccc34)cc2)CC1. The molecule has 210 valence electrons. The van der Waals surface area contributed by atoms with Crippen molar-refractivity contribution in [2.75, 3.05) is 19.6 Å². The Morgan fingerprint density at radius 1 is 0.878 bits per heavy atom. The van der Waals surface area contributed by atoms with Crippen LogP contribution in [0, 0.1) is 12.3 Å². The van der Waals surface area contributed by atoms with Crippen LogP contribution in [0.25, 0.3) is 33.0 Å².